The molecule has 0 amide bonds. The van der Waals surface area contributed by atoms with E-state index in [1.807, 2.05) is 42.5 Å². The summed E-state index contributed by atoms with van der Waals surface area (Å²) in [6.45, 7) is 3.71. The number of fused-ring (bicyclic) bond motifs is 4. The summed E-state index contributed by atoms with van der Waals surface area (Å²) in [6.07, 6.45) is 7.20. The number of nitrogens with two attached hydrogens (primary N) is 1. The van der Waals surface area contributed by atoms with Crippen molar-refractivity contribution in [1.29, 1.82) is 10.5 Å². The molecule has 0 spiro atoms. The van der Waals surface area contributed by atoms with Gasteiger partial charge in [0.25, 0.3) is 0 Å². The van der Waals surface area contributed by atoms with E-state index in [0.29, 0.717) is 46.9 Å². The summed E-state index contributed by atoms with van der Waals surface area (Å²) in [6, 6.07) is 39.5. The van der Waals surface area contributed by atoms with Crippen LogP contribution in [0.1, 0.15) is 66.7 Å². The molecule has 344 valence electrons. The maximum Gasteiger partial charge on any atom is 0.222 e. The summed E-state index contributed by atoms with van der Waals surface area (Å²) in [7, 11) is 0. The first kappa shape index (κ1) is 49.2. The monoisotopic (exact) mass is 919 g/mol. The van der Waals surface area contributed by atoms with Gasteiger partial charge in [-0.2, -0.15) is 10.5 Å². The molecule has 6 N–H and O–H groups in total. The van der Waals surface area contributed by atoms with Crippen LogP contribution in [0.3, 0.4) is 0 Å². The maximum atomic E-state index is 12.1. The zero-order chi connectivity index (χ0) is 45.1. The molecule has 0 radical (unpaired) electrons. The molecule has 4 saturated heterocycles. The molecule has 67 heavy (non-hydrogen) atoms. The fourth-order valence-electron chi connectivity index (χ4n) is 8.34. The number of aromatic nitrogens is 4. The molecule has 4 fully saturated rings. The number of hydrogen-bond donors (Lipinski definition) is 3. The summed E-state index contributed by atoms with van der Waals surface area (Å²) in [5.74, 6) is 0.639. The van der Waals surface area contributed by atoms with Crippen LogP contribution < -0.4 is 27.0 Å². The lowest BCUT2D eigenvalue weighted by Gasteiger charge is -2.29. The zero-order valence-electron chi connectivity index (χ0n) is 36.3. The minimum atomic E-state index is -0.0335. The average molecular weight is 921 g/mol. The summed E-state index contributed by atoms with van der Waals surface area (Å²) in [5.41, 5.74) is 14.4. The van der Waals surface area contributed by atoms with Crippen molar-refractivity contribution in [3.63, 3.8) is 0 Å². The molecule has 0 saturated carbocycles. The van der Waals surface area contributed by atoms with Crippen molar-refractivity contribution in [3.8, 4) is 34.7 Å². The fraction of sp³-hybridized carbons (Fsp3) is 0.294. The van der Waals surface area contributed by atoms with Crippen LogP contribution in [0.4, 0.5) is 28.6 Å². The van der Waals surface area contributed by atoms with Crippen LogP contribution in [-0.4, -0.2) is 82.1 Å². The molecule has 0 unspecified atom stereocenters. The van der Waals surface area contributed by atoms with Gasteiger partial charge in [-0.05, 0) is 79.0 Å². The van der Waals surface area contributed by atoms with E-state index in [-0.39, 0.29) is 56.1 Å². The van der Waals surface area contributed by atoms with Crippen molar-refractivity contribution in [2.24, 2.45) is 0 Å². The third-order valence-corrected chi connectivity index (χ3v) is 11.9. The van der Waals surface area contributed by atoms with Crippen molar-refractivity contribution in [2.75, 3.05) is 47.2 Å². The van der Waals surface area contributed by atoms with E-state index < -0.39 is 0 Å². The molecule has 4 aliphatic rings. The molecule has 4 aliphatic heterocycles. The number of rotatable bonds is 12. The summed E-state index contributed by atoms with van der Waals surface area (Å²) in [5, 5.41) is 20.6. The van der Waals surface area contributed by atoms with Crippen LogP contribution in [0.5, 0.6) is 0 Å². The molecule has 2 aromatic heterocycles. The van der Waals surface area contributed by atoms with Crippen LogP contribution in [-0.2, 0) is 9.47 Å². The van der Waals surface area contributed by atoms with Crippen LogP contribution >= 0.6 is 11.6 Å². The molecule has 4 aromatic carbocycles. The number of carbonyl (C=O) groups is 2. The van der Waals surface area contributed by atoms with Crippen LogP contribution in [0.25, 0.3) is 22.5 Å². The largest absolute Gasteiger partial charge is 0.399 e. The van der Waals surface area contributed by atoms with Crippen molar-refractivity contribution >= 4 is 51.7 Å². The van der Waals surface area contributed by atoms with Gasteiger partial charge in [-0.3, -0.25) is 9.59 Å². The van der Waals surface area contributed by atoms with Gasteiger partial charge in [0.05, 0.1) is 61.0 Å². The highest BCUT2D eigenvalue weighted by molar-refractivity contribution is 6.28. The smallest absolute Gasteiger partial charge is 0.222 e. The number of nitrogens with one attached hydrogen (secondary N) is 1. The number of ether oxygens (including phenoxy) is 2. The number of anilines is 5. The molecule has 6 aromatic rings. The molecular formula is C51H54ClN11O4. The second kappa shape index (κ2) is 23.3. The lowest BCUT2D eigenvalue weighted by atomic mass is 10.0. The molecule has 0 aliphatic carbocycles. The Morgan fingerprint density at radius 2 is 1.21 bits per heavy atom. The molecular weight excluding hydrogens is 866 g/mol. The topological polar surface area (TPSA) is 231 Å². The second-order valence-electron chi connectivity index (χ2n) is 16.1. The van der Waals surface area contributed by atoms with E-state index in [1.165, 1.54) is 24.1 Å². The van der Waals surface area contributed by atoms with Gasteiger partial charge in [-0.15, -0.1) is 0 Å². The predicted molar refractivity (Wildman–Crippen MR) is 262 cm³/mol. The van der Waals surface area contributed by atoms with E-state index in [9.17, 15) is 9.59 Å². The number of nitriles is 2. The summed E-state index contributed by atoms with van der Waals surface area (Å²) >= 11 is 5.73. The number of nitrogen functional groups attached to an aromatic ring is 1. The normalized spacial score (nSPS) is 18.1. The third-order valence-electron chi connectivity index (χ3n) is 11.7. The number of carbonyl (C=O) groups excluding carboxylic acids is 2. The predicted octanol–water partition coefficient (Wildman–Crippen LogP) is 9.68. The zero-order valence-corrected chi connectivity index (χ0v) is 37.1. The van der Waals surface area contributed by atoms with Gasteiger partial charge in [-0.25, -0.2) is 19.9 Å². The number of benzene rings is 4. The molecule has 4 atom stereocenters. The lowest BCUT2D eigenvalue weighted by molar-refractivity contribution is 0.0976. The van der Waals surface area contributed by atoms with E-state index in [0.717, 1.165) is 60.9 Å². The average Bonchev–Trinajstić information content (AvgIpc) is 4.19. The van der Waals surface area contributed by atoms with Gasteiger partial charge < -0.3 is 36.5 Å². The Labute approximate surface area is 396 Å². The fourth-order valence-corrected chi connectivity index (χ4v) is 8.49. The minimum absolute atomic E-state index is 0. The SMILES string of the molecule is C.N.N#CCCC(=O)c1ccc(-c2cc(Nc3ccc(N4C[C@@H]5C[C@H]4CO5)cc3)ncn2)cc1.N#CCCC(=O)c1ccc(-c2ccnc(Cl)n2)cc1.Nc1ccc(N2C[C@@H]3C[C@H]2CO3)cc1. The molecule has 16 heteroatoms. The second-order valence-corrected chi connectivity index (χ2v) is 16.4. The molecule has 6 heterocycles. The molecule has 15 nitrogen and oxygen atoms in total. The Hall–Kier alpha value is -7.27. The lowest BCUT2D eigenvalue weighted by Crippen LogP contribution is -2.36. The highest BCUT2D eigenvalue weighted by atomic mass is 35.5. The first-order chi connectivity index (χ1) is 31.7. The Kier molecular flexibility index (Phi) is 17.1. The van der Waals surface area contributed by atoms with Crippen molar-refractivity contribution < 1.29 is 19.1 Å². The maximum absolute atomic E-state index is 12.1. The summed E-state index contributed by atoms with van der Waals surface area (Å²) in [4.78, 5) is 45.2. The van der Waals surface area contributed by atoms with E-state index in [2.05, 4.69) is 71.5 Å². The first-order valence-electron chi connectivity index (χ1n) is 21.5. The van der Waals surface area contributed by atoms with Gasteiger partial charge >= 0.3 is 0 Å². The van der Waals surface area contributed by atoms with Gasteiger partial charge in [0.2, 0.25) is 5.28 Å². The third kappa shape index (κ3) is 12.5. The molecule has 10 rings (SSSR count). The molecule has 4 bridgehead atoms. The Bertz CT molecular complexity index is 2670. The van der Waals surface area contributed by atoms with E-state index in [4.69, 9.17) is 37.3 Å². The van der Waals surface area contributed by atoms with Crippen LogP contribution in [0.2, 0.25) is 5.28 Å². The number of ketones is 2. The van der Waals surface area contributed by atoms with E-state index in [1.54, 1.807) is 48.7 Å². The van der Waals surface area contributed by atoms with Crippen LogP contribution in [0, 0.1) is 22.7 Å². The quantitative estimate of drug-likeness (QED) is 0.0589. The number of halogens is 1. The van der Waals surface area contributed by atoms with Crippen molar-refractivity contribution in [3.05, 3.63) is 138 Å². The summed E-state index contributed by atoms with van der Waals surface area (Å²) < 4.78 is 11.3. The highest BCUT2D eigenvalue weighted by Gasteiger charge is 2.39. The first-order valence-corrected chi connectivity index (χ1v) is 21.9. The Morgan fingerprint density at radius 1 is 0.701 bits per heavy atom. The Balaban J connectivity index is 0.000000180. The number of Topliss-reactive ketones (excluding diaryl/α,β-unsaturated/α-hetero) is 2. The van der Waals surface area contributed by atoms with E-state index >= 15 is 0 Å². The van der Waals surface area contributed by atoms with Crippen molar-refractivity contribution in [2.45, 2.75) is 70.2 Å². The number of hydrogen-bond acceptors (Lipinski definition) is 15. The van der Waals surface area contributed by atoms with Crippen molar-refractivity contribution in [1.82, 2.24) is 26.1 Å². The van der Waals surface area contributed by atoms with Gasteiger partial charge in [0.15, 0.2) is 11.6 Å². The Morgan fingerprint density at radius 3 is 1.67 bits per heavy atom. The number of nitrogens with zero attached hydrogens (tertiary/aromatic N) is 8. The van der Waals surface area contributed by atoms with Gasteiger partial charge in [0.1, 0.15) is 12.1 Å². The van der Waals surface area contributed by atoms with Gasteiger partial charge in [-0.1, -0.05) is 56.0 Å². The standard InChI is InChI=1S/C25H23N5O2.C14H10ClN3O.C11H14N2O.CH4.H3N/c26-11-1-2-24(31)18-5-3-17(4-6-18)23-13-25(28-16-27-23)29-19-7-9-20(10-8-19)30-14-22-12-21(30)15-32-22;15-14-17-9-7-12(18-14)10-3-5-11(6-4-10)13(19)2-1-8-16;12-8-1-3-9(4-2-8)13-6-11-5-10(13)7-14-11;;/h3-10,13,16,21-22H,1-2,12,14-15H2,(H,27,28,29);3-7,9H,1-2H2;1-4,10-11H,5-7,12H2;1H4;1H3/t21-,22-;;10-,11-;;/m0.0../s1. The van der Waals surface area contributed by atoms with Gasteiger partial charge in [0, 0.05) is 96.0 Å². The highest BCUT2D eigenvalue weighted by Crippen LogP contribution is 2.34. The minimum Gasteiger partial charge on any atom is -0.399 e. The van der Waals surface area contributed by atoms with Crippen LogP contribution in [0.15, 0.2) is 122 Å². The number of morpholine rings is 2.